The highest BCUT2D eigenvalue weighted by atomic mass is 32.2. The van der Waals surface area contributed by atoms with Crippen molar-refractivity contribution in [1.29, 1.82) is 0 Å². The van der Waals surface area contributed by atoms with Crippen LogP contribution in [-0.2, 0) is 29.1 Å². The van der Waals surface area contributed by atoms with Crippen LogP contribution in [0, 0.1) is 17.8 Å². The fourth-order valence-corrected chi connectivity index (χ4v) is 8.74. The molecule has 0 spiro atoms. The molecule has 3 heterocycles. The number of aromatic nitrogens is 1. The Hall–Kier alpha value is -4.44. The second kappa shape index (κ2) is 14.5. The van der Waals surface area contributed by atoms with Crippen molar-refractivity contribution in [2.75, 3.05) is 27.4 Å². The lowest BCUT2D eigenvalue weighted by atomic mass is 9.87. The minimum atomic E-state index is -4.01. The Labute approximate surface area is 302 Å². The molecule has 16 heteroatoms. The second-order valence-corrected chi connectivity index (χ2v) is 17.0. The van der Waals surface area contributed by atoms with Gasteiger partial charge in [0.1, 0.15) is 29.5 Å². The molecular weight excluding hydrogens is 694 g/mol. The lowest BCUT2D eigenvalue weighted by Gasteiger charge is -2.33. The van der Waals surface area contributed by atoms with Gasteiger partial charge in [0.25, 0.3) is 5.91 Å². The molecule has 282 valence electrons. The molecule has 3 fully saturated rings. The van der Waals surface area contributed by atoms with E-state index in [0.29, 0.717) is 43.2 Å². The molecule has 4 aliphatic rings. The van der Waals surface area contributed by atoms with E-state index >= 15 is 0 Å². The lowest BCUT2D eigenvalue weighted by Crippen LogP contribution is -2.59. The number of carbonyl (C=O) groups excluding carboxylic acids is 3. The fraction of sp³-hybridized carbons (Fsp3) is 0.583. The molecule has 0 radical (unpaired) electrons. The number of nitrogens with one attached hydrogen (secondary N) is 3. The summed E-state index contributed by atoms with van der Waals surface area (Å²) in [4.78, 5) is 60.5. The third kappa shape index (κ3) is 7.54. The maximum atomic E-state index is 14.5. The van der Waals surface area contributed by atoms with Gasteiger partial charge in [0.05, 0.1) is 25.0 Å². The molecule has 6 rings (SSSR count). The van der Waals surface area contributed by atoms with Gasteiger partial charge in [0.15, 0.2) is 0 Å². The van der Waals surface area contributed by atoms with Crippen LogP contribution in [0.4, 0.5) is 4.79 Å². The number of ether oxygens (including phenoxy) is 3. The second-order valence-electron chi connectivity index (χ2n) is 14.8. The third-order valence-electron chi connectivity index (χ3n) is 11.0. The largest absolute Gasteiger partial charge is 0.497 e. The number of hydrogen-bond donors (Lipinski definition) is 4. The molecule has 52 heavy (non-hydrogen) atoms. The minimum Gasteiger partial charge on any atom is -0.497 e. The highest BCUT2D eigenvalue weighted by Gasteiger charge is 2.63. The van der Waals surface area contributed by atoms with Crippen LogP contribution in [0.3, 0.4) is 0 Å². The smallest absolute Gasteiger partial charge is 0.405 e. The van der Waals surface area contributed by atoms with Crippen LogP contribution in [0.1, 0.15) is 58.8 Å². The molecule has 7 atom stereocenters. The molecule has 4 amide bonds. The number of allylic oxidation sites excluding steroid dienone is 1. The number of sulfonamides is 1. The van der Waals surface area contributed by atoms with Gasteiger partial charge in [-0.3, -0.25) is 19.1 Å². The number of rotatable bonds is 9. The topological polar surface area (TPSA) is 203 Å². The maximum absolute atomic E-state index is 14.5. The average Bonchev–Trinajstić information content (AvgIpc) is 3.98. The number of carboxylic acid groups (broad SMARTS) is 1. The van der Waals surface area contributed by atoms with E-state index in [2.05, 4.69) is 20.3 Å². The number of carbonyl (C=O) groups is 4. The van der Waals surface area contributed by atoms with E-state index in [4.69, 9.17) is 14.2 Å². The summed E-state index contributed by atoms with van der Waals surface area (Å²) < 4.78 is 44.6. The number of methoxy groups -OCH3 is 2. The van der Waals surface area contributed by atoms with Crippen molar-refractivity contribution in [3.05, 3.63) is 42.6 Å². The first-order chi connectivity index (χ1) is 24.7. The Bertz CT molecular complexity index is 1870. The first-order valence-electron chi connectivity index (χ1n) is 17.6. The van der Waals surface area contributed by atoms with Crippen molar-refractivity contribution < 1.29 is 46.9 Å². The summed E-state index contributed by atoms with van der Waals surface area (Å²) in [6.45, 7) is 3.58. The van der Waals surface area contributed by atoms with Crippen LogP contribution in [-0.4, -0.2) is 103 Å². The van der Waals surface area contributed by atoms with Gasteiger partial charge >= 0.3 is 6.09 Å². The minimum absolute atomic E-state index is 0.00842. The molecule has 1 aromatic carbocycles. The summed E-state index contributed by atoms with van der Waals surface area (Å²) in [7, 11) is -0.968. The number of fused-ring (bicyclic) bond motifs is 3. The molecule has 0 unspecified atom stereocenters. The quantitative estimate of drug-likeness (QED) is 0.275. The van der Waals surface area contributed by atoms with Crippen LogP contribution < -0.4 is 24.8 Å². The first-order valence-corrected chi connectivity index (χ1v) is 19.1. The molecule has 4 N–H and O–H groups in total. The van der Waals surface area contributed by atoms with Gasteiger partial charge in [-0.25, -0.2) is 18.2 Å². The fourth-order valence-electron chi connectivity index (χ4n) is 7.43. The SMILES string of the molecule is COC[C@@H]1C[C@H](C)CCC=C[C@@H]2C[C@@]2(C(=O)NS(=O)(=O)C2(C)CC2)NC(=O)[C@@H]2C[C@@H](Oc3nccc4cc(OC)ccc34)CN2C(=O)[C@H]1NC(=O)O. The van der Waals surface area contributed by atoms with Crippen molar-refractivity contribution in [3.8, 4) is 11.6 Å². The summed E-state index contributed by atoms with van der Waals surface area (Å²) in [6.07, 6.45) is 5.95. The molecule has 2 aliphatic heterocycles. The molecule has 2 aromatic rings. The van der Waals surface area contributed by atoms with Gasteiger partial charge in [-0.15, -0.1) is 0 Å². The van der Waals surface area contributed by atoms with E-state index in [1.54, 1.807) is 38.4 Å². The van der Waals surface area contributed by atoms with E-state index in [-0.39, 0.29) is 37.8 Å². The third-order valence-corrected chi connectivity index (χ3v) is 13.1. The Kier molecular flexibility index (Phi) is 10.4. The number of amides is 4. The van der Waals surface area contributed by atoms with Crippen molar-refractivity contribution in [2.24, 2.45) is 17.8 Å². The molecule has 2 saturated carbocycles. The zero-order valence-corrected chi connectivity index (χ0v) is 30.6. The Morgan fingerprint density at radius 1 is 1.15 bits per heavy atom. The molecule has 15 nitrogen and oxygen atoms in total. The van der Waals surface area contributed by atoms with Gasteiger partial charge in [-0.2, -0.15) is 0 Å². The van der Waals surface area contributed by atoms with Crippen LogP contribution >= 0.6 is 0 Å². The summed E-state index contributed by atoms with van der Waals surface area (Å²) in [5.41, 5.74) is -1.56. The standard InChI is InChI=1S/C36H47N5O10S/c1-21-7-5-6-8-24-18-36(24,33(44)40-52(47,48)35(2)12-13-35)39-30(42)28-17-26(51-31-27-10-9-25(50-4)16-22(27)11-14-37-31)19-41(28)32(43)29(38-34(45)46)23(15-21)20-49-3/h6,8-11,14,16,21,23-24,26,28-29,38H,5,7,12-13,15,17-20H2,1-4H3,(H,39,42)(H,40,44)(H,45,46)/t21-,23+,24-,26-,28+,29+,36-/m1/s1. The van der Waals surface area contributed by atoms with Gasteiger partial charge in [-0.1, -0.05) is 19.1 Å². The molecule has 1 saturated heterocycles. The number of pyridine rings is 1. The Balaban J connectivity index is 1.35. The van der Waals surface area contributed by atoms with Crippen LogP contribution in [0.5, 0.6) is 11.6 Å². The molecule has 1 aromatic heterocycles. The summed E-state index contributed by atoms with van der Waals surface area (Å²) in [6, 6.07) is 4.74. The van der Waals surface area contributed by atoms with Gasteiger partial charge in [-0.05, 0) is 81.0 Å². The van der Waals surface area contributed by atoms with Gasteiger partial charge in [0, 0.05) is 36.9 Å². The number of hydrogen-bond acceptors (Lipinski definition) is 10. The highest BCUT2D eigenvalue weighted by molar-refractivity contribution is 7.91. The number of benzene rings is 1. The van der Waals surface area contributed by atoms with Crippen molar-refractivity contribution in [2.45, 2.75) is 87.3 Å². The zero-order chi connectivity index (χ0) is 37.4. The van der Waals surface area contributed by atoms with E-state index < -0.39 is 74.1 Å². The molecule has 2 aliphatic carbocycles. The van der Waals surface area contributed by atoms with E-state index in [9.17, 15) is 32.7 Å². The Morgan fingerprint density at radius 2 is 1.92 bits per heavy atom. The van der Waals surface area contributed by atoms with Crippen LogP contribution in [0.2, 0.25) is 0 Å². The van der Waals surface area contributed by atoms with Gasteiger partial charge in [0.2, 0.25) is 27.7 Å². The number of nitrogens with zero attached hydrogens (tertiary/aromatic N) is 2. The Morgan fingerprint density at radius 3 is 2.62 bits per heavy atom. The summed E-state index contributed by atoms with van der Waals surface area (Å²) in [5, 5.41) is 16.6. The van der Waals surface area contributed by atoms with Crippen molar-refractivity contribution in [3.63, 3.8) is 0 Å². The van der Waals surface area contributed by atoms with E-state index in [0.717, 1.165) is 5.39 Å². The van der Waals surface area contributed by atoms with Crippen molar-refractivity contribution >= 4 is 44.6 Å². The predicted molar refractivity (Wildman–Crippen MR) is 189 cm³/mol. The summed E-state index contributed by atoms with van der Waals surface area (Å²) in [5.74, 6) is -2.22. The normalized spacial score (nSPS) is 30.2. The zero-order valence-electron chi connectivity index (χ0n) is 29.8. The monoisotopic (exact) mass is 741 g/mol. The van der Waals surface area contributed by atoms with Crippen LogP contribution in [0.15, 0.2) is 42.6 Å². The lowest BCUT2D eigenvalue weighted by molar-refractivity contribution is -0.142. The van der Waals surface area contributed by atoms with Crippen molar-refractivity contribution in [1.82, 2.24) is 25.2 Å². The first kappa shape index (κ1) is 37.3. The molecule has 0 bridgehead atoms. The predicted octanol–water partition coefficient (Wildman–Crippen LogP) is 2.74. The maximum Gasteiger partial charge on any atom is 0.405 e. The van der Waals surface area contributed by atoms with Gasteiger partial charge < -0.3 is 34.9 Å². The summed E-state index contributed by atoms with van der Waals surface area (Å²) >= 11 is 0. The van der Waals surface area contributed by atoms with Crippen LogP contribution in [0.25, 0.3) is 10.8 Å². The highest BCUT2D eigenvalue weighted by Crippen LogP contribution is 2.47. The molecular formula is C36H47N5O10S. The van der Waals surface area contributed by atoms with E-state index in [1.807, 2.05) is 25.1 Å². The van der Waals surface area contributed by atoms with E-state index in [1.165, 1.54) is 12.0 Å². The average molecular weight is 742 g/mol.